The van der Waals surface area contributed by atoms with Crippen LogP contribution in [0, 0.1) is 0 Å². The Morgan fingerprint density at radius 1 is 1.14 bits per heavy atom. The van der Waals surface area contributed by atoms with E-state index < -0.39 is 0 Å². The number of aromatic amines is 1. The lowest BCUT2D eigenvalue weighted by atomic mass is 9.92. The van der Waals surface area contributed by atoms with Crippen molar-refractivity contribution in [3.05, 3.63) is 58.8 Å². The van der Waals surface area contributed by atoms with Crippen LogP contribution >= 0.6 is 0 Å². The highest BCUT2D eigenvalue weighted by molar-refractivity contribution is 5.92. The number of nitrogens with zero attached hydrogens (tertiary/aromatic N) is 2. The first kappa shape index (κ1) is 18.0. The van der Waals surface area contributed by atoms with Gasteiger partial charge in [0.05, 0.1) is 11.6 Å². The summed E-state index contributed by atoms with van der Waals surface area (Å²) in [5.74, 6) is 0.372. The number of carbonyl (C=O) groups is 1. The highest BCUT2D eigenvalue weighted by Crippen LogP contribution is 2.30. The molecule has 0 atom stereocenters. The molecule has 1 amide bonds. The highest BCUT2D eigenvalue weighted by atomic mass is 16.5. The lowest BCUT2D eigenvalue weighted by molar-refractivity contribution is 0.0890. The van der Waals surface area contributed by atoms with Crippen LogP contribution in [0.25, 0.3) is 11.0 Å². The molecule has 1 saturated carbocycles. The molecule has 0 saturated heterocycles. The number of hydrogen-bond acceptors (Lipinski definition) is 6. The molecule has 0 radical (unpaired) electrons. The van der Waals surface area contributed by atoms with E-state index in [4.69, 9.17) is 10.5 Å². The summed E-state index contributed by atoms with van der Waals surface area (Å²) >= 11 is 0. The maximum atomic E-state index is 12.3. The van der Waals surface area contributed by atoms with Gasteiger partial charge in [-0.1, -0.05) is 6.07 Å². The summed E-state index contributed by atoms with van der Waals surface area (Å²) in [6.45, 7) is 0. The number of nitrogens with two attached hydrogens (primary N) is 1. The van der Waals surface area contributed by atoms with E-state index in [1.165, 1.54) is 6.07 Å². The molecule has 4 rings (SSSR count). The van der Waals surface area contributed by atoms with Crippen molar-refractivity contribution in [3.8, 4) is 5.75 Å². The number of nitrogen functional groups attached to an aromatic ring is 1. The first-order valence-electron chi connectivity index (χ1n) is 9.25. The zero-order valence-electron chi connectivity index (χ0n) is 15.2. The van der Waals surface area contributed by atoms with E-state index in [2.05, 4.69) is 20.3 Å². The minimum atomic E-state index is -0.290. The zero-order chi connectivity index (χ0) is 19.5. The number of nitrogens with one attached hydrogen (secondary N) is 2. The number of anilines is 1. The summed E-state index contributed by atoms with van der Waals surface area (Å²) < 4.78 is 6.16. The van der Waals surface area contributed by atoms with E-state index in [9.17, 15) is 9.59 Å². The van der Waals surface area contributed by atoms with Gasteiger partial charge in [-0.2, -0.15) is 0 Å². The van der Waals surface area contributed by atoms with Gasteiger partial charge in [-0.15, -0.1) is 0 Å². The van der Waals surface area contributed by atoms with Gasteiger partial charge in [-0.25, -0.2) is 4.98 Å². The Balaban J connectivity index is 1.37. The fourth-order valence-electron chi connectivity index (χ4n) is 3.50. The van der Waals surface area contributed by atoms with Gasteiger partial charge in [0.1, 0.15) is 17.0 Å². The summed E-state index contributed by atoms with van der Waals surface area (Å²) in [6.07, 6.45) is 6.46. The number of rotatable bonds is 4. The van der Waals surface area contributed by atoms with Crippen LogP contribution in [0.2, 0.25) is 0 Å². The van der Waals surface area contributed by atoms with Crippen LogP contribution in [-0.4, -0.2) is 33.0 Å². The van der Waals surface area contributed by atoms with Gasteiger partial charge in [0.2, 0.25) is 5.56 Å². The topological polar surface area (TPSA) is 123 Å². The average Bonchev–Trinajstić information content (AvgIpc) is 2.69. The average molecular weight is 379 g/mol. The zero-order valence-corrected chi connectivity index (χ0v) is 15.2. The molecule has 8 nitrogen and oxygen atoms in total. The van der Waals surface area contributed by atoms with Crippen LogP contribution in [0.15, 0.2) is 47.5 Å². The molecule has 4 N–H and O–H groups in total. The maximum Gasteiger partial charge on any atom is 0.268 e. The standard InChI is InChI=1S/C20H21N5O3/c21-12-10-16-19(23-9-8-22-16)17(11-12)28-14-6-4-13(5-7-14)24-20(27)15-2-1-3-18(26)25-15/h1-3,8-11,13-14H,4-7,21H2,(H,24,27)(H,25,26). The van der Waals surface area contributed by atoms with Crippen LogP contribution < -0.4 is 21.3 Å². The second-order valence-corrected chi connectivity index (χ2v) is 6.94. The third kappa shape index (κ3) is 3.95. The molecule has 0 spiro atoms. The van der Waals surface area contributed by atoms with E-state index in [-0.39, 0.29) is 29.3 Å². The van der Waals surface area contributed by atoms with Crippen molar-refractivity contribution in [2.75, 3.05) is 5.73 Å². The third-order valence-electron chi connectivity index (χ3n) is 4.88. The van der Waals surface area contributed by atoms with E-state index in [0.29, 0.717) is 22.5 Å². The lowest BCUT2D eigenvalue weighted by Crippen LogP contribution is -2.40. The molecule has 0 unspecified atom stereocenters. The Hall–Kier alpha value is -3.42. The van der Waals surface area contributed by atoms with Crippen LogP contribution in [-0.2, 0) is 0 Å². The summed E-state index contributed by atoms with van der Waals surface area (Å²) in [5, 5.41) is 2.98. The van der Waals surface area contributed by atoms with Crippen molar-refractivity contribution in [1.29, 1.82) is 0 Å². The van der Waals surface area contributed by atoms with Gasteiger partial charge in [0.25, 0.3) is 5.91 Å². The van der Waals surface area contributed by atoms with Gasteiger partial charge in [0, 0.05) is 36.3 Å². The fourth-order valence-corrected chi connectivity index (χ4v) is 3.50. The molecule has 0 bridgehead atoms. The third-order valence-corrected chi connectivity index (χ3v) is 4.88. The highest BCUT2D eigenvalue weighted by Gasteiger charge is 2.25. The normalized spacial score (nSPS) is 19.3. The molecule has 2 aromatic heterocycles. The Kier molecular flexibility index (Phi) is 4.92. The van der Waals surface area contributed by atoms with Crippen LogP contribution in [0.4, 0.5) is 5.69 Å². The summed E-state index contributed by atoms with van der Waals surface area (Å²) in [5.41, 5.74) is 7.92. The summed E-state index contributed by atoms with van der Waals surface area (Å²) in [6, 6.07) is 8.14. The molecule has 3 aromatic rings. The van der Waals surface area contributed by atoms with Gasteiger partial charge in [0.15, 0.2) is 0 Å². The minimum Gasteiger partial charge on any atom is -0.488 e. The summed E-state index contributed by atoms with van der Waals surface area (Å²) in [7, 11) is 0. The van der Waals surface area contributed by atoms with Crippen molar-refractivity contribution in [2.24, 2.45) is 0 Å². The van der Waals surface area contributed by atoms with Crippen molar-refractivity contribution >= 4 is 22.6 Å². The van der Waals surface area contributed by atoms with E-state index in [0.717, 1.165) is 25.7 Å². The number of pyridine rings is 1. The molecule has 2 heterocycles. The van der Waals surface area contributed by atoms with Gasteiger partial charge < -0.3 is 20.8 Å². The van der Waals surface area contributed by atoms with Crippen LogP contribution in [0.3, 0.4) is 0 Å². The van der Waals surface area contributed by atoms with E-state index in [1.54, 1.807) is 36.7 Å². The monoisotopic (exact) mass is 379 g/mol. The molecule has 144 valence electrons. The molecule has 0 aliphatic heterocycles. The number of ether oxygens (including phenoxy) is 1. The summed E-state index contributed by atoms with van der Waals surface area (Å²) in [4.78, 5) is 34.8. The fraction of sp³-hybridized carbons (Fsp3) is 0.300. The van der Waals surface area contributed by atoms with Crippen molar-refractivity contribution in [2.45, 2.75) is 37.8 Å². The van der Waals surface area contributed by atoms with Gasteiger partial charge in [-0.05, 0) is 37.8 Å². The Bertz CT molecular complexity index is 1060. The number of hydrogen-bond donors (Lipinski definition) is 3. The lowest BCUT2D eigenvalue weighted by Gasteiger charge is -2.29. The SMILES string of the molecule is Nc1cc(OC2CCC(NC(=O)c3cccc(=O)[nH]3)CC2)c2nccnc2c1. The molecule has 1 fully saturated rings. The quantitative estimate of drug-likeness (QED) is 0.596. The van der Waals surface area contributed by atoms with E-state index in [1.807, 2.05) is 0 Å². The van der Waals surface area contributed by atoms with Gasteiger partial charge in [-0.3, -0.25) is 14.6 Å². The number of amides is 1. The molecular formula is C20H21N5O3. The Morgan fingerprint density at radius 2 is 1.93 bits per heavy atom. The number of H-pyrrole nitrogens is 1. The number of fused-ring (bicyclic) bond motifs is 1. The minimum absolute atomic E-state index is 0.0247. The predicted molar refractivity (Wildman–Crippen MR) is 105 cm³/mol. The second-order valence-electron chi connectivity index (χ2n) is 6.94. The van der Waals surface area contributed by atoms with Gasteiger partial charge >= 0.3 is 0 Å². The molecule has 1 aromatic carbocycles. The first-order valence-corrected chi connectivity index (χ1v) is 9.25. The Morgan fingerprint density at radius 3 is 2.71 bits per heavy atom. The molecule has 1 aliphatic carbocycles. The first-order chi connectivity index (χ1) is 13.6. The van der Waals surface area contributed by atoms with Crippen molar-refractivity contribution < 1.29 is 9.53 Å². The predicted octanol–water partition coefficient (Wildman–Crippen LogP) is 2.02. The molecule has 1 aliphatic rings. The molecule has 8 heteroatoms. The van der Waals surface area contributed by atoms with Crippen molar-refractivity contribution in [1.82, 2.24) is 20.3 Å². The number of benzene rings is 1. The van der Waals surface area contributed by atoms with Crippen LogP contribution in [0.5, 0.6) is 5.75 Å². The molecular weight excluding hydrogens is 358 g/mol. The molecule has 28 heavy (non-hydrogen) atoms. The number of carbonyl (C=O) groups excluding carboxylic acids is 1. The maximum absolute atomic E-state index is 12.3. The number of aromatic nitrogens is 3. The van der Waals surface area contributed by atoms with Crippen LogP contribution in [0.1, 0.15) is 36.2 Å². The largest absolute Gasteiger partial charge is 0.488 e. The Labute approximate surface area is 161 Å². The second kappa shape index (κ2) is 7.67. The van der Waals surface area contributed by atoms with Crippen molar-refractivity contribution in [3.63, 3.8) is 0 Å². The van der Waals surface area contributed by atoms with E-state index >= 15 is 0 Å². The smallest absolute Gasteiger partial charge is 0.268 e.